The van der Waals surface area contributed by atoms with Crippen LogP contribution in [0.4, 0.5) is 0 Å². The number of rotatable bonds is 6. The maximum absolute atomic E-state index is 11.5. The number of hydrogen-bond donors (Lipinski definition) is 1. The Morgan fingerprint density at radius 2 is 1.70 bits per heavy atom. The van der Waals surface area contributed by atoms with Gasteiger partial charge in [-0.25, -0.2) is 4.79 Å². The minimum Gasteiger partial charge on any atom is -0.478 e. The molecule has 1 N–H and O–H groups in total. The van der Waals surface area contributed by atoms with Crippen LogP contribution in [0.15, 0.2) is 42.5 Å². The summed E-state index contributed by atoms with van der Waals surface area (Å²) in [4.78, 5) is 11.5. The molecule has 3 nitrogen and oxygen atoms in total. The van der Waals surface area contributed by atoms with Gasteiger partial charge in [0.05, 0.1) is 0 Å². The van der Waals surface area contributed by atoms with Gasteiger partial charge in [0.25, 0.3) is 0 Å². The topological polar surface area (TPSA) is 46.5 Å². The van der Waals surface area contributed by atoms with E-state index in [2.05, 4.69) is 26.0 Å². The summed E-state index contributed by atoms with van der Waals surface area (Å²) in [5.74, 6) is 0.113. The molecular formula is C20H24O3. The lowest BCUT2D eigenvalue weighted by molar-refractivity contribution is -0.145. The molecule has 0 aliphatic carbocycles. The Kier molecular flexibility index (Phi) is 5.43. The molecule has 0 spiro atoms. The second kappa shape index (κ2) is 7.32. The van der Waals surface area contributed by atoms with Gasteiger partial charge in [-0.15, -0.1) is 0 Å². The van der Waals surface area contributed by atoms with E-state index < -0.39 is 12.1 Å². The molecule has 2 rings (SSSR count). The Bertz CT molecular complexity index is 672. The van der Waals surface area contributed by atoms with E-state index in [1.54, 1.807) is 0 Å². The summed E-state index contributed by atoms with van der Waals surface area (Å²) in [6, 6.07) is 13.7. The third kappa shape index (κ3) is 4.59. The standard InChI is InChI=1S/C20H24O3/c1-13(2)17-8-6-16(7-9-17)12-19(20(21)22)23-18-10-5-14(3)15(4)11-18/h5-11,13,19H,12H2,1-4H3,(H,21,22). The second-order valence-corrected chi connectivity index (χ2v) is 6.29. The molecular weight excluding hydrogens is 288 g/mol. The van der Waals surface area contributed by atoms with E-state index in [0.717, 1.165) is 16.7 Å². The molecule has 0 saturated heterocycles. The fourth-order valence-corrected chi connectivity index (χ4v) is 2.38. The number of hydrogen-bond acceptors (Lipinski definition) is 2. The zero-order chi connectivity index (χ0) is 17.0. The van der Waals surface area contributed by atoms with Gasteiger partial charge in [0, 0.05) is 6.42 Å². The van der Waals surface area contributed by atoms with E-state index in [9.17, 15) is 9.90 Å². The third-order valence-corrected chi connectivity index (χ3v) is 4.10. The largest absolute Gasteiger partial charge is 0.478 e. The molecule has 2 aromatic rings. The van der Waals surface area contributed by atoms with E-state index in [1.165, 1.54) is 5.56 Å². The van der Waals surface area contributed by atoms with Crippen molar-refractivity contribution in [3.63, 3.8) is 0 Å². The average molecular weight is 312 g/mol. The van der Waals surface area contributed by atoms with Crippen molar-refractivity contribution in [1.29, 1.82) is 0 Å². The van der Waals surface area contributed by atoms with Crippen molar-refractivity contribution < 1.29 is 14.6 Å². The van der Waals surface area contributed by atoms with Gasteiger partial charge in [-0.2, -0.15) is 0 Å². The van der Waals surface area contributed by atoms with Crippen LogP contribution >= 0.6 is 0 Å². The Labute approximate surface area is 137 Å². The maximum atomic E-state index is 11.5. The number of carboxylic acids is 1. The summed E-state index contributed by atoms with van der Waals surface area (Å²) in [6.45, 7) is 8.28. The SMILES string of the molecule is Cc1ccc(OC(Cc2ccc(C(C)C)cc2)C(=O)O)cc1C. The van der Waals surface area contributed by atoms with E-state index in [4.69, 9.17) is 4.74 Å². The molecule has 1 unspecified atom stereocenters. The highest BCUT2D eigenvalue weighted by molar-refractivity contribution is 5.73. The maximum Gasteiger partial charge on any atom is 0.345 e. The van der Waals surface area contributed by atoms with E-state index in [-0.39, 0.29) is 0 Å². The van der Waals surface area contributed by atoms with Crippen LogP contribution in [-0.2, 0) is 11.2 Å². The van der Waals surface area contributed by atoms with Crippen molar-refractivity contribution in [2.24, 2.45) is 0 Å². The van der Waals surface area contributed by atoms with Crippen LogP contribution in [0.5, 0.6) is 5.75 Å². The van der Waals surface area contributed by atoms with Crippen LogP contribution in [0.1, 0.15) is 42.0 Å². The first-order valence-corrected chi connectivity index (χ1v) is 7.92. The summed E-state index contributed by atoms with van der Waals surface area (Å²) in [7, 11) is 0. The molecule has 0 aliphatic rings. The van der Waals surface area contributed by atoms with Crippen LogP contribution in [0, 0.1) is 13.8 Å². The minimum atomic E-state index is -0.948. The summed E-state index contributed by atoms with van der Waals surface area (Å²) in [5, 5.41) is 9.44. The molecule has 0 heterocycles. The zero-order valence-corrected chi connectivity index (χ0v) is 14.2. The van der Waals surface area contributed by atoms with Crippen molar-refractivity contribution in [1.82, 2.24) is 0 Å². The molecule has 0 aliphatic heterocycles. The molecule has 0 aromatic heterocycles. The predicted molar refractivity (Wildman–Crippen MR) is 92.2 cm³/mol. The number of carboxylic acid groups (broad SMARTS) is 1. The van der Waals surface area contributed by atoms with Gasteiger partial charge in [0.1, 0.15) is 5.75 Å². The first-order valence-electron chi connectivity index (χ1n) is 7.92. The second-order valence-electron chi connectivity index (χ2n) is 6.29. The minimum absolute atomic E-state index is 0.348. The van der Waals surface area contributed by atoms with Crippen LogP contribution < -0.4 is 4.74 Å². The Morgan fingerprint density at radius 1 is 1.04 bits per heavy atom. The van der Waals surface area contributed by atoms with Crippen LogP contribution in [0.25, 0.3) is 0 Å². The number of benzene rings is 2. The van der Waals surface area contributed by atoms with E-state index in [0.29, 0.717) is 18.1 Å². The molecule has 23 heavy (non-hydrogen) atoms. The van der Waals surface area contributed by atoms with Gasteiger partial charge in [0.15, 0.2) is 6.10 Å². The van der Waals surface area contributed by atoms with Gasteiger partial charge in [-0.05, 0) is 54.2 Å². The quantitative estimate of drug-likeness (QED) is 0.854. The van der Waals surface area contributed by atoms with Crippen molar-refractivity contribution in [3.05, 3.63) is 64.7 Å². The predicted octanol–water partition coefficient (Wildman–Crippen LogP) is 4.50. The Morgan fingerprint density at radius 3 is 2.22 bits per heavy atom. The summed E-state index contributed by atoms with van der Waals surface area (Å²) in [6.07, 6.45) is -0.539. The molecule has 122 valence electrons. The molecule has 3 heteroatoms. The number of ether oxygens (including phenoxy) is 1. The first-order chi connectivity index (χ1) is 10.9. The van der Waals surface area contributed by atoms with Gasteiger partial charge in [-0.1, -0.05) is 44.2 Å². The summed E-state index contributed by atoms with van der Waals surface area (Å²) < 4.78 is 5.69. The Balaban J connectivity index is 2.12. The summed E-state index contributed by atoms with van der Waals surface area (Å²) in [5.41, 5.74) is 4.46. The zero-order valence-electron chi connectivity index (χ0n) is 14.2. The molecule has 2 aromatic carbocycles. The fraction of sp³-hybridized carbons (Fsp3) is 0.350. The number of aliphatic carboxylic acids is 1. The Hall–Kier alpha value is -2.29. The molecule has 0 bridgehead atoms. The first kappa shape index (κ1) is 17.1. The average Bonchev–Trinajstić information content (AvgIpc) is 2.50. The molecule has 0 amide bonds. The highest BCUT2D eigenvalue weighted by Crippen LogP contribution is 2.20. The van der Waals surface area contributed by atoms with Crippen molar-refractivity contribution in [3.8, 4) is 5.75 Å². The lowest BCUT2D eigenvalue weighted by Gasteiger charge is -2.16. The van der Waals surface area contributed by atoms with Crippen LogP contribution in [-0.4, -0.2) is 17.2 Å². The smallest absolute Gasteiger partial charge is 0.345 e. The monoisotopic (exact) mass is 312 g/mol. The fourth-order valence-electron chi connectivity index (χ4n) is 2.38. The molecule has 0 saturated carbocycles. The van der Waals surface area contributed by atoms with Gasteiger partial charge in [0.2, 0.25) is 0 Å². The highest BCUT2D eigenvalue weighted by atomic mass is 16.5. The number of aryl methyl sites for hydroxylation is 2. The lowest BCUT2D eigenvalue weighted by atomic mass is 9.99. The molecule has 1 atom stereocenters. The van der Waals surface area contributed by atoms with Crippen molar-refractivity contribution in [2.75, 3.05) is 0 Å². The van der Waals surface area contributed by atoms with Crippen LogP contribution in [0.2, 0.25) is 0 Å². The molecule has 0 fully saturated rings. The normalized spacial score (nSPS) is 12.2. The summed E-state index contributed by atoms with van der Waals surface area (Å²) >= 11 is 0. The third-order valence-electron chi connectivity index (χ3n) is 4.10. The molecule has 0 radical (unpaired) electrons. The van der Waals surface area contributed by atoms with Crippen molar-refractivity contribution in [2.45, 2.75) is 46.1 Å². The van der Waals surface area contributed by atoms with E-state index in [1.807, 2.05) is 44.2 Å². The van der Waals surface area contributed by atoms with Crippen LogP contribution in [0.3, 0.4) is 0 Å². The van der Waals surface area contributed by atoms with E-state index >= 15 is 0 Å². The van der Waals surface area contributed by atoms with Gasteiger partial charge >= 0.3 is 5.97 Å². The van der Waals surface area contributed by atoms with Crippen molar-refractivity contribution >= 4 is 5.97 Å². The number of carbonyl (C=O) groups is 1. The van der Waals surface area contributed by atoms with Gasteiger partial charge < -0.3 is 9.84 Å². The highest BCUT2D eigenvalue weighted by Gasteiger charge is 2.20. The van der Waals surface area contributed by atoms with Gasteiger partial charge in [-0.3, -0.25) is 0 Å². The lowest BCUT2D eigenvalue weighted by Crippen LogP contribution is -2.29.